The number of fused-ring (bicyclic) bond motifs is 1. The van der Waals surface area contributed by atoms with Crippen LogP contribution in [0.5, 0.6) is 0 Å². The van der Waals surface area contributed by atoms with Gasteiger partial charge in [-0.25, -0.2) is 18.1 Å². The lowest BCUT2D eigenvalue weighted by Crippen LogP contribution is -2.36. The van der Waals surface area contributed by atoms with Crippen LogP contribution in [0.1, 0.15) is 0 Å². The van der Waals surface area contributed by atoms with E-state index in [9.17, 15) is 13.2 Å². The third kappa shape index (κ3) is 2.73. The highest BCUT2D eigenvalue weighted by molar-refractivity contribution is 7.89. The summed E-state index contributed by atoms with van der Waals surface area (Å²) >= 11 is 7.10. The van der Waals surface area contributed by atoms with Crippen molar-refractivity contribution in [3.8, 4) is 0 Å². The Kier molecular flexibility index (Phi) is 3.81. The molecular formula is C9H11ClN4O3S2. The van der Waals surface area contributed by atoms with Crippen molar-refractivity contribution in [3.63, 3.8) is 0 Å². The Morgan fingerprint density at radius 2 is 2.26 bits per heavy atom. The molecule has 0 aliphatic heterocycles. The van der Waals surface area contributed by atoms with E-state index in [-0.39, 0.29) is 22.6 Å². The van der Waals surface area contributed by atoms with Gasteiger partial charge in [0.1, 0.15) is 0 Å². The van der Waals surface area contributed by atoms with Gasteiger partial charge in [-0.15, -0.1) is 11.3 Å². The molecule has 0 bridgehead atoms. The molecule has 0 aliphatic rings. The van der Waals surface area contributed by atoms with E-state index in [1.165, 1.54) is 20.6 Å². The molecule has 0 saturated carbocycles. The Morgan fingerprint density at radius 1 is 1.58 bits per heavy atom. The van der Waals surface area contributed by atoms with Crippen LogP contribution in [0.25, 0.3) is 4.96 Å². The Labute approximate surface area is 118 Å². The highest BCUT2D eigenvalue weighted by Gasteiger charge is 2.25. The standard InChI is InChI=1S/C9H11ClN4O3S2/c1-13(2)6(15)5-11-19(16,17)8-7(10)12-9-14(8)3-4-18-9/h3-4,11H,5H2,1-2H3. The van der Waals surface area contributed by atoms with E-state index in [1.54, 1.807) is 25.7 Å². The molecule has 0 saturated heterocycles. The summed E-state index contributed by atoms with van der Waals surface area (Å²) < 4.78 is 27.8. The molecule has 0 aliphatic carbocycles. The topological polar surface area (TPSA) is 83.8 Å². The summed E-state index contributed by atoms with van der Waals surface area (Å²) in [6.07, 6.45) is 1.56. The highest BCUT2D eigenvalue weighted by atomic mass is 35.5. The molecule has 0 fully saturated rings. The summed E-state index contributed by atoms with van der Waals surface area (Å²) in [6.45, 7) is -0.330. The number of carbonyl (C=O) groups excluding carboxylic acids is 1. The molecule has 7 nitrogen and oxygen atoms in total. The number of carbonyl (C=O) groups is 1. The molecule has 104 valence electrons. The minimum Gasteiger partial charge on any atom is -0.348 e. The van der Waals surface area contributed by atoms with Crippen LogP contribution in [0.4, 0.5) is 0 Å². The lowest BCUT2D eigenvalue weighted by atomic mass is 10.6. The van der Waals surface area contributed by atoms with Crippen LogP contribution in [-0.2, 0) is 14.8 Å². The SMILES string of the molecule is CN(C)C(=O)CNS(=O)(=O)c1c(Cl)nc2sccn12. The Bertz CT molecular complexity index is 719. The van der Waals surface area contributed by atoms with Crippen LogP contribution in [0.2, 0.25) is 5.15 Å². The molecule has 19 heavy (non-hydrogen) atoms. The fourth-order valence-electron chi connectivity index (χ4n) is 1.36. The zero-order valence-corrected chi connectivity index (χ0v) is 12.5. The first kappa shape index (κ1) is 14.3. The number of rotatable bonds is 4. The van der Waals surface area contributed by atoms with Crippen molar-refractivity contribution >= 4 is 43.8 Å². The van der Waals surface area contributed by atoms with E-state index in [4.69, 9.17) is 11.6 Å². The lowest BCUT2D eigenvalue weighted by molar-refractivity contribution is -0.127. The first-order chi connectivity index (χ1) is 8.83. The van der Waals surface area contributed by atoms with Crippen molar-refractivity contribution in [3.05, 3.63) is 16.7 Å². The van der Waals surface area contributed by atoms with Gasteiger partial charge in [-0.2, -0.15) is 0 Å². The molecule has 0 unspecified atom stereocenters. The smallest absolute Gasteiger partial charge is 0.260 e. The maximum atomic E-state index is 12.1. The normalized spacial score (nSPS) is 11.9. The maximum absolute atomic E-state index is 12.1. The molecule has 10 heteroatoms. The van der Waals surface area contributed by atoms with Crippen LogP contribution in [-0.4, -0.2) is 49.2 Å². The molecule has 1 N–H and O–H groups in total. The molecule has 0 spiro atoms. The molecule has 0 radical (unpaired) electrons. The predicted molar refractivity (Wildman–Crippen MR) is 72.0 cm³/mol. The van der Waals surface area contributed by atoms with Gasteiger partial charge >= 0.3 is 0 Å². The van der Waals surface area contributed by atoms with Crippen molar-refractivity contribution in [2.75, 3.05) is 20.6 Å². The summed E-state index contributed by atoms with van der Waals surface area (Å²) in [6, 6.07) is 0. The number of thiazole rings is 1. The number of sulfonamides is 1. The number of hydrogen-bond acceptors (Lipinski definition) is 5. The Balaban J connectivity index is 2.31. The minimum absolute atomic E-state index is 0.114. The van der Waals surface area contributed by atoms with Gasteiger partial charge < -0.3 is 4.90 Å². The molecule has 2 rings (SSSR count). The maximum Gasteiger partial charge on any atom is 0.260 e. The molecule has 2 aromatic heterocycles. The summed E-state index contributed by atoms with van der Waals surface area (Å²) in [5, 5.41) is 1.43. The highest BCUT2D eigenvalue weighted by Crippen LogP contribution is 2.24. The second-order valence-electron chi connectivity index (χ2n) is 3.88. The second-order valence-corrected chi connectivity index (χ2v) is 6.79. The quantitative estimate of drug-likeness (QED) is 0.884. The van der Waals surface area contributed by atoms with Crippen molar-refractivity contribution in [2.45, 2.75) is 5.03 Å². The number of amides is 1. The number of nitrogens with one attached hydrogen (secondary N) is 1. The van der Waals surface area contributed by atoms with Gasteiger partial charge in [0, 0.05) is 25.7 Å². The largest absolute Gasteiger partial charge is 0.348 e. The van der Waals surface area contributed by atoms with Crippen LogP contribution in [0.3, 0.4) is 0 Å². The van der Waals surface area contributed by atoms with Crippen LogP contribution in [0, 0.1) is 0 Å². The third-order valence-electron chi connectivity index (χ3n) is 2.35. The molecule has 0 atom stereocenters. The van der Waals surface area contributed by atoms with Crippen molar-refractivity contribution in [1.82, 2.24) is 19.0 Å². The first-order valence-corrected chi connectivity index (χ1v) is 7.88. The monoisotopic (exact) mass is 322 g/mol. The van der Waals surface area contributed by atoms with E-state index in [0.717, 1.165) is 0 Å². The average Bonchev–Trinajstić information content (AvgIpc) is 2.84. The van der Waals surface area contributed by atoms with Crippen LogP contribution in [0.15, 0.2) is 16.6 Å². The zero-order valence-electron chi connectivity index (χ0n) is 10.1. The molecule has 0 aromatic carbocycles. The fourth-order valence-corrected chi connectivity index (χ4v) is 3.78. The van der Waals surface area contributed by atoms with E-state index in [2.05, 4.69) is 9.71 Å². The van der Waals surface area contributed by atoms with Crippen molar-refractivity contribution in [2.24, 2.45) is 0 Å². The van der Waals surface area contributed by atoms with E-state index < -0.39 is 10.0 Å². The van der Waals surface area contributed by atoms with Gasteiger partial charge in [0.2, 0.25) is 5.91 Å². The number of imidazole rings is 1. The van der Waals surface area contributed by atoms with E-state index in [0.29, 0.717) is 4.96 Å². The van der Waals surface area contributed by atoms with Crippen LogP contribution >= 0.6 is 22.9 Å². The Morgan fingerprint density at radius 3 is 2.89 bits per heavy atom. The predicted octanol–water partition coefficient (Wildman–Crippen LogP) is 0.416. The summed E-state index contributed by atoms with van der Waals surface area (Å²) in [5.74, 6) is -0.356. The van der Waals surface area contributed by atoms with E-state index >= 15 is 0 Å². The van der Waals surface area contributed by atoms with Crippen molar-refractivity contribution in [1.29, 1.82) is 0 Å². The minimum atomic E-state index is -3.90. The van der Waals surface area contributed by atoms with Gasteiger partial charge in [0.25, 0.3) is 10.0 Å². The number of nitrogens with zero attached hydrogens (tertiary/aromatic N) is 3. The molecular weight excluding hydrogens is 312 g/mol. The number of halogens is 1. The van der Waals surface area contributed by atoms with Gasteiger partial charge in [0.15, 0.2) is 15.1 Å². The van der Waals surface area contributed by atoms with Gasteiger partial charge in [0.05, 0.1) is 6.54 Å². The summed E-state index contributed by atoms with van der Waals surface area (Å²) in [4.78, 5) is 17.1. The first-order valence-electron chi connectivity index (χ1n) is 5.14. The second kappa shape index (κ2) is 5.08. The Hall–Kier alpha value is -1.16. The van der Waals surface area contributed by atoms with Gasteiger partial charge in [-0.05, 0) is 0 Å². The van der Waals surface area contributed by atoms with Crippen LogP contribution < -0.4 is 4.72 Å². The number of hydrogen-bond donors (Lipinski definition) is 1. The number of likely N-dealkylation sites (N-methyl/N-ethyl adjacent to an activating group) is 1. The average molecular weight is 323 g/mol. The fraction of sp³-hybridized carbons (Fsp3) is 0.333. The third-order valence-corrected chi connectivity index (χ3v) is 4.90. The van der Waals surface area contributed by atoms with Gasteiger partial charge in [-0.3, -0.25) is 9.20 Å². The van der Waals surface area contributed by atoms with E-state index in [1.807, 2.05) is 0 Å². The molecule has 2 heterocycles. The summed E-state index contributed by atoms with van der Waals surface area (Å²) in [7, 11) is -0.813. The molecule has 2 aromatic rings. The van der Waals surface area contributed by atoms with Gasteiger partial charge in [-0.1, -0.05) is 11.6 Å². The molecule has 1 amide bonds. The summed E-state index contributed by atoms with van der Waals surface area (Å²) in [5.41, 5.74) is 0. The van der Waals surface area contributed by atoms with Crippen molar-refractivity contribution < 1.29 is 13.2 Å². The lowest BCUT2D eigenvalue weighted by Gasteiger charge is -2.11. The zero-order chi connectivity index (χ0) is 14.2. The number of aromatic nitrogens is 2.